The zero-order valence-corrected chi connectivity index (χ0v) is 27.3. The van der Waals surface area contributed by atoms with Crippen molar-refractivity contribution in [2.24, 2.45) is 0 Å². The summed E-state index contributed by atoms with van der Waals surface area (Å²) < 4.78 is 6.76. The van der Waals surface area contributed by atoms with Gasteiger partial charge in [0.25, 0.3) is 0 Å². The van der Waals surface area contributed by atoms with E-state index in [0.29, 0.717) is 0 Å². The zero-order valence-electron chi connectivity index (χ0n) is 27.3. The summed E-state index contributed by atoms with van der Waals surface area (Å²) >= 11 is 0. The molecule has 0 N–H and O–H groups in total. The molecule has 0 spiro atoms. The Morgan fingerprint density at radius 1 is 0.360 bits per heavy atom. The predicted molar refractivity (Wildman–Crippen MR) is 212 cm³/mol. The zero-order chi connectivity index (χ0) is 33.0. The van der Waals surface area contributed by atoms with E-state index in [-0.39, 0.29) is 0 Å². The lowest BCUT2D eigenvalue weighted by atomic mass is 9.95. The highest BCUT2D eigenvalue weighted by molar-refractivity contribution is 6.19. The molecule has 9 aromatic carbocycles. The van der Waals surface area contributed by atoms with Crippen molar-refractivity contribution in [1.29, 1.82) is 0 Å². The predicted octanol–water partition coefficient (Wildman–Crippen LogP) is 13.8. The van der Waals surface area contributed by atoms with Gasteiger partial charge >= 0.3 is 0 Å². The summed E-state index contributed by atoms with van der Waals surface area (Å²) in [5.41, 5.74) is 9.66. The third-order valence-corrected chi connectivity index (χ3v) is 10.0. The Balaban J connectivity index is 1.30. The monoisotopic (exact) mass is 637 g/mol. The Morgan fingerprint density at radius 3 is 1.74 bits per heavy atom. The van der Waals surface area contributed by atoms with Gasteiger partial charge in [0.15, 0.2) is 0 Å². The van der Waals surface area contributed by atoms with Gasteiger partial charge in [-0.3, -0.25) is 0 Å². The minimum absolute atomic E-state index is 0.876. The van der Waals surface area contributed by atoms with Gasteiger partial charge in [-0.2, -0.15) is 0 Å². The minimum Gasteiger partial charge on any atom is -0.455 e. The van der Waals surface area contributed by atoms with Crippen molar-refractivity contribution in [3.05, 3.63) is 188 Å². The summed E-state index contributed by atoms with van der Waals surface area (Å²) in [5.74, 6) is 0. The Bertz CT molecular complexity index is 2870. The van der Waals surface area contributed by atoms with Crippen LogP contribution < -0.4 is 4.90 Å². The van der Waals surface area contributed by atoms with Crippen LogP contribution in [0.2, 0.25) is 0 Å². The summed E-state index contributed by atoms with van der Waals surface area (Å²) in [6, 6.07) is 67.5. The standard InChI is InChI=1S/C48H31NO/c1-3-13-32(14-4-1)38-27-29-44(42-20-10-9-19-41(38)42)49(36-25-26-39-35(31-36)24-23-34-17-7-8-18-37(34)39)45-30-28-40(33-15-5-2-6-16-33)48-47(45)43-21-11-12-22-46(43)50-48/h1-31H. The average molecular weight is 638 g/mol. The molecule has 0 saturated carbocycles. The van der Waals surface area contributed by atoms with E-state index in [1.165, 1.54) is 43.4 Å². The van der Waals surface area contributed by atoms with Gasteiger partial charge < -0.3 is 9.32 Å². The molecule has 234 valence electrons. The van der Waals surface area contributed by atoms with Gasteiger partial charge in [0.05, 0.1) is 16.8 Å². The number of para-hydroxylation sites is 1. The second-order valence-electron chi connectivity index (χ2n) is 12.9. The van der Waals surface area contributed by atoms with Crippen LogP contribution in [-0.2, 0) is 0 Å². The normalized spacial score (nSPS) is 11.6. The van der Waals surface area contributed by atoms with Crippen LogP contribution in [0.15, 0.2) is 192 Å². The lowest BCUT2D eigenvalue weighted by molar-refractivity contribution is 0.670. The smallest absolute Gasteiger partial charge is 0.145 e. The molecule has 0 bridgehead atoms. The second kappa shape index (κ2) is 11.5. The van der Waals surface area contributed by atoms with Crippen LogP contribution in [0.5, 0.6) is 0 Å². The van der Waals surface area contributed by atoms with E-state index in [0.717, 1.165) is 50.1 Å². The third-order valence-electron chi connectivity index (χ3n) is 10.0. The van der Waals surface area contributed by atoms with Gasteiger partial charge in [-0.25, -0.2) is 0 Å². The molecule has 0 amide bonds. The number of hydrogen-bond donors (Lipinski definition) is 0. The molecule has 0 radical (unpaired) electrons. The highest BCUT2D eigenvalue weighted by atomic mass is 16.3. The first-order valence-electron chi connectivity index (χ1n) is 17.1. The Hall–Kier alpha value is -6.64. The Labute approximate surface area is 290 Å². The molecule has 0 fully saturated rings. The molecule has 0 saturated heterocycles. The average Bonchev–Trinajstić information content (AvgIpc) is 3.59. The summed E-state index contributed by atoms with van der Waals surface area (Å²) in [5, 5.41) is 9.53. The summed E-state index contributed by atoms with van der Waals surface area (Å²) in [4.78, 5) is 2.44. The molecule has 10 aromatic rings. The first-order valence-corrected chi connectivity index (χ1v) is 17.1. The maximum atomic E-state index is 6.76. The van der Waals surface area contributed by atoms with E-state index in [2.05, 4.69) is 187 Å². The van der Waals surface area contributed by atoms with Crippen molar-refractivity contribution in [1.82, 2.24) is 0 Å². The van der Waals surface area contributed by atoms with E-state index < -0.39 is 0 Å². The van der Waals surface area contributed by atoms with Gasteiger partial charge in [-0.05, 0) is 80.0 Å². The molecule has 0 unspecified atom stereocenters. The van der Waals surface area contributed by atoms with Crippen molar-refractivity contribution in [3.8, 4) is 22.3 Å². The van der Waals surface area contributed by atoms with Crippen LogP contribution in [-0.4, -0.2) is 0 Å². The molecule has 50 heavy (non-hydrogen) atoms. The molecule has 0 aliphatic heterocycles. The van der Waals surface area contributed by atoms with Gasteiger partial charge in [0.1, 0.15) is 11.2 Å². The lowest BCUT2D eigenvalue weighted by Gasteiger charge is -2.29. The molecule has 1 heterocycles. The van der Waals surface area contributed by atoms with Crippen LogP contribution in [0.1, 0.15) is 0 Å². The number of nitrogens with zero attached hydrogens (tertiary/aromatic N) is 1. The van der Waals surface area contributed by atoms with Crippen molar-refractivity contribution in [2.75, 3.05) is 4.90 Å². The van der Waals surface area contributed by atoms with E-state index in [4.69, 9.17) is 4.42 Å². The molecule has 0 atom stereocenters. The highest BCUT2D eigenvalue weighted by Crippen LogP contribution is 2.48. The number of rotatable bonds is 5. The summed E-state index contributed by atoms with van der Waals surface area (Å²) in [6.07, 6.45) is 0. The number of furan rings is 1. The molecule has 0 aliphatic rings. The molecule has 1 aromatic heterocycles. The van der Waals surface area contributed by atoms with Crippen molar-refractivity contribution < 1.29 is 4.42 Å². The molecule has 2 nitrogen and oxygen atoms in total. The fourth-order valence-corrected chi connectivity index (χ4v) is 7.74. The number of benzene rings is 9. The quantitative estimate of drug-likeness (QED) is 0.175. The van der Waals surface area contributed by atoms with Crippen LogP contribution in [0.3, 0.4) is 0 Å². The highest BCUT2D eigenvalue weighted by Gasteiger charge is 2.24. The fourth-order valence-electron chi connectivity index (χ4n) is 7.74. The second-order valence-corrected chi connectivity index (χ2v) is 12.9. The Morgan fingerprint density at radius 2 is 0.940 bits per heavy atom. The first kappa shape index (κ1) is 28.4. The summed E-state index contributed by atoms with van der Waals surface area (Å²) in [7, 11) is 0. The van der Waals surface area contributed by atoms with Crippen LogP contribution in [0, 0.1) is 0 Å². The number of anilines is 3. The number of fused-ring (bicyclic) bond motifs is 7. The topological polar surface area (TPSA) is 16.4 Å². The SMILES string of the molecule is c1ccc(-c2ccc(N(c3ccc4c(ccc5ccccc54)c3)c3ccc(-c4ccccc4)c4oc5ccccc5c34)c3ccccc23)cc1. The van der Waals surface area contributed by atoms with Crippen LogP contribution in [0.25, 0.3) is 76.5 Å². The van der Waals surface area contributed by atoms with E-state index in [1.807, 2.05) is 6.07 Å². The third kappa shape index (κ3) is 4.50. The molecular weight excluding hydrogens is 607 g/mol. The van der Waals surface area contributed by atoms with Crippen LogP contribution in [0.4, 0.5) is 17.1 Å². The van der Waals surface area contributed by atoms with Crippen molar-refractivity contribution >= 4 is 71.3 Å². The Kier molecular flexibility index (Phi) is 6.53. The van der Waals surface area contributed by atoms with Gasteiger partial charge in [-0.1, -0.05) is 152 Å². The molecular formula is C48H31NO. The van der Waals surface area contributed by atoms with E-state index in [1.54, 1.807) is 0 Å². The van der Waals surface area contributed by atoms with E-state index >= 15 is 0 Å². The van der Waals surface area contributed by atoms with Crippen molar-refractivity contribution in [2.45, 2.75) is 0 Å². The maximum absolute atomic E-state index is 6.76. The first-order chi connectivity index (χ1) is 24.8. The lowest BCUT2D eigenvalue weighted by Crippen LogP contribution is -2.11. The van der Waals surface area contributed by atoms with E-state index in [9.17, 15) is 0 Å². The maximum Gasteiger partial charge on any atom is 0.145 e. The van der Waals surface area contributed by atoms with Gasteiger partial charge in [0.2, 0.25) is 0 Å². The van der Waals surface area contributed by atoms with Gasteiger partial charge in [0, 0.05) is 22.0 Å². The minimum atomic E-state index is 0.876. The molecule has 0 aliphatic carbocycles. The number of hydrogen-bond acceptors (Lipinski definition) is 2. The largest absolute Gasteiger partial charge is 0.455 e. The molecule has 10 rings (SSSR count). The van der Waals surface area contributed by atoms with Crippen molar-refractivity contribution in [3.63, 3.8) is 0 Å². The molecule has 2 heteroatoms. The fraction of sp³-hybridized carbons (Fsp3) is 0. The van der Waals surface area contributed by atoms with Crippen LogP contribution >= 0.6 is 0 Å². The summed E-state index contributed by atoms with van der Waals surface area (Å²) in [6.45, 7) is 0. The van der Waals surface area contributed by atoms with Gasteiger partial charge in [-0.15, -0.1) is 0 Å².